The van der Waals surface area contributed by atoms with Crippen molar-refractivity contribution in [1.29, 1.82) is 5.26 Å². The Morgan fingerprint density at radius 1 is 1.27 bits per heavy atom. The summed E-state index contributed by atoms with van der Waals surface area (Å²) in [5.41, 5.74) is 1.06. The molecule has 1 saturated heterocycles. The molecule has 1 fully saturated rings. The molecule has 0 spiro atoms. The van der Waals surface area contributed by atoms with Crippen molar-refractivity contribution in [3.63, 3.8) is 0 Å². The highest BCUT2D eigenvalue weighted by Crippen LogP contribution is 2.29. The van der Waals surface area contributed by atoms with E-state index in [0.29, 0.717) is 24.4 Å². The third-order valence-corrected chi connectivity index (χ3v) is 4.89. The van der Waals surface area contributed by atoms with Gasteiger partial charge in [0, 0.05) is 42.5 Å². The van der Waals surface area contributed by atoms with E-state index in [1.807, 2.05) is 32.9 Å². The van der Waals surface area contributed by atoms with Gasteiger partial charge in [-0.25, -0.2) is 9.18 Å². The zero-order valence-corrected chi connectivity index (χ0v) is 17.5. The van der Waals surface area contributed by atoms with Crippen LogP contribution in [0.5, 0.6) is 5.75 Å². The standard InChI is InChI=1S/C23H26FN3O3/c1-23(2,3)30-22(28)27-10-7-17(8-11-27)21-13-19(6-9-26-21)29-15-18-5-4-16(14-25)12-20(18)24/h4-6,9,12-13,17H,7-8,10-11,15H2,1-3H3. The molecule has 2 aromatic rings. The van der Waals surface area contributed by atoms with Gasteiger partial charge in [0.2, 0.25) is 0 Å². The number of carbonyl (C=O) groups excluding carboxylic acids is 1. The average molecular weight is 411 g/mol. The molecular formula is C23H26FN3O3. The van der Waals surface area contributed by atoms with E-state index < -0.39 is 11.4 Å². The number of pyridine rings is 1. The predicted molar refractivity (Wildman–Crippen MR) is 109 cm³/mol. The number of rotatable bonds is 4. The third kappa shape index (κ3) is 5.69. The Morgan fingerprint density at radius 3 is 2.63 bits per heavy atom. The molecule has 6 nitrogen and oxygen atoms in total. The fraction of sp³-hybridized carbons (Fsp3) is 0.435. The molecule has 0 unspecified atom stereocenters. The van der Waals surface area contributed by atoms with E-state index in [4.69, 9.17) is 14.7 Å². The van der Waals surface area contributed by atoms with Crippen LogP contribution in [0.3, 0.4) is 0 Å². The summed E-state index contributed by atoms with van der Waals surface area (Å²) < 4.78 is 25.2. The first kappa shape index (κ1) is 21.6. The quantitative estimate of drug-likeness (QED) is 0.723. The van der Waals surface area contributed by atoms with Gasteiger partial charge in [0.1, 0.15) is 23.8 Å². The van der Waals surface area contributed by atoms with Gasteiger partial charge in [-0.3, -0.25) is 4.98 Å². The summed E-state index contributed by atoms with van der Waals surface area (Å²) in [7, 11) is 0. The largest absolute Gasteiger partial charge is 0.489 e. The number of ether oxygens (including phenoxy) is 2. The van der Waals surface area contributed by atoms with Crippen LogP contribution in [-0.2, 0) is 11.3 Å². The molecule has 0 N–H and O–H groups in total. The molecule has 7 heteroatoms. The van der Waals surface area contributed by atoms with Crippen molar-refractivity contribution >= 4 is 6.09 Å². The van der Waals surface area contributed by atoms with E-state index in [0.717, 1.165) is 18.5 Å². The number of hydrogen-bond acceptors (Lipinski definition) is 5. The molecule has 0 saturated carbocycles. The molecular weight excluding hydrogens is 385 g/mol. The number of hydrogen-bond donors (Lipinski definition) is 0. The second kappa shape index (κ2) is 9.12. The predicted octanol–water partition coefficient (Wildman–Crippen LogP) is 4.79. The summed E-state index contributed by atoms with van der Waals surface area (Å²) in [4.78, 5) is 18.4. The Bertz CT molecular complexity index is 941. The van der Waals surface area contributed by atoms with Crippen LogP contribution >= 0.6 is 0 Å². The van der Waals surface area contributed by atoms with Crippen molar-refractivity contribution in [1.82, 2.24) is 9.88 Å². The molecule has 2 heterocycles. The summed E-state index contributed by atoms with van der Waals surface area (Å²) in [6, 6.07) is 9.85. The number of piperidine rings is 1. The van der Waals surface area contributed by atoms with Crippen LogP contribution in [0.25, 0.3) is 0 Å². The fourth-order valence-corrected chi connectivity index (χ4v) is 3.32. The summed E-state index contributed by atoms with van der Waals surface area (Å²) in [5, 5.41) is 8.83. The molecule has 1 aromatic carbocycles. The minimum absolute atomic E-state index is 0.0675. The van der Waals surface area contributed by atoms with Crippen molar-refractivity contribution in [3.05, 3.63) is 59.2 Å². The van der Waals surface area contributed by atoms with Gasteiger partial charge in [0.05, 0.1) is 11.6 Å². The molecule has 0 bridgehead atoms. The Hall–Kier alpha value is -3.14. The SMILES string of the molecule is CC(C)(C)OC(=O)N1CCC(c2cc(OCc3ccc(C#N)cc3F)ccn2)CC1. The maximum Gasteiger partial charge on any atom is 0.410 e. The number of carbonyl (C=O) groups is 1. The van der Waals surface area contributed by atoms with E-state index in [-0.39, 0.29) is 24.2 Å². The molecule has 0 radical (unpaired) electrons. The van der Waals surface area contributed by atoms with Gasteiger partial charge < -0.3 is 14.4 Å². The van der Waals surface area contributed by atoms with Gasteiger partial charge in [-0.15, -0.1) is 0 Å². The maximum atomic E-state index is 14.0. The summed E-state index contributed by atoms with van der Waals surface area (Å²) in [6.45, 7) is 6.87. The Kier molecular flexibility index (Phi) is 6.56. The van der Waals surface area contributed by atoms with Gasteiger partial charge in [-0.1, -0.05) is 6.07 Å². The molecule has 0 atom stereocenters. The van der Waals surface area contributed by atoms with E-state index >= 15 is 0 Å². The second-order valence-corrected chi connectivity index (χ2v) is 8.36. The Morgan fingerprint density at radius 2 is 2.00 bits per heavy atom. The van der Waals surface area contributed by atoms with Crippen LogP contribution in [0.1, 0.15) is 56.4 Å². The van der Waals surface area contributed by atoms with Crippen LogP contribution in [-0.4, -0.2) is 34.7 Å². The molecule has 1 aromatic heterocycles. The smallest absolute Gasteiger partial charge is 0.410 e. The first-order chi connectivity index (χ1) is 14.2. The number of nitrogens with zero attached hydrogens (tertiary/aromatic N) is 3. The highest BCUT2D eigenvalue weighted by Gasteiger charge is 2.28. The lowest BCUT2D eigenvalue weighted by molar-refractivity contribution is 0.0204. The van der Waals surface area contributed by atoms with Crippen LogP contribution in [0.15, 0.2) is 36.5 Å². The Labute approximate surface area is 176 Å². The van der Waals surface area contributed by atoms with Gasteiger partial charge in [0.25, 0.3) is 0 Å². The number of aromatic nitrogens is 1. The zero-order valence-electron chi connectivity index (χ0n) is 17.5. The first-order valence-electron chi connectivity index (χ1n) is 10.0. The summed E-state index contributed by atoms with van der Waals surface area (Å²) in [5.74, 6) is 0.370. The molecule has 1 aliphatic rings. The first-order valence-corrected chi connectivity index (χ1v) is 10.0. The van der Waals surface area contributed by atoms with Crippen molar-refractivity contribution < 1.29 is 18.7 Å². The van der Waals surface area contributed by atoms with Gasteiger partial charge >= 0.3 is 6.09 Å². The molecule has 0 aliphatic carbocycles. The topological polar surface area (TPSA) is 75.4 Å². The maximum absolute atomic E-state index is 14.0. The third-order valence-electron chi connectivity index (χ3n) is 4.89. The molecule has 1 amide bonds. The minimum atomic E-state index is -0.504. The van der Waals surface area contributed by atoms with Gasteiger partial charge in [-0.05, 0) is 51.8 Å². The van der Waals surface area contributed by atoms with Gasteiger partial charge in [0.15, 0.2) is 0 Å². The highest BCUT2D eigenvalue weighted by molar-refractivity contribution is 5.68. The van der Waals surface area contributed by atoms with Crippen molar-refractivity contribution in [2.45, 2.75) is 51.7 Å². The lowest BCUT2D eigenvalue weighted by Gasteiger charge is -2.33. The van der Waals surface area contributed by atoms with Crippen LogP contribution in [0.2, 0.25) is 0 Å². The highest BCUT2D eigenvalue weighted by atomic mass is 19.1. The molecule has 1 aliphatic heterocycles. The molecule has 158 valence electrons. The summed E-state index contributed by atoms with van der Waals surface area (Å²) in [6.07, 6.45) is 2.98. The van der Waals surface area contributed by atoms with E-state index in [1.165, 1.54) is 6.07 Å². The van der Waals surface area contributed by atoms with Crippen molar-refractivity contribution in [3.8, 4) is 11.8 Å². The molecule has 30 heavy (non-hydrogen) atoms. The normalized spacial score (nSPS) is 14.8. The molecule has 3 rings (SSSR count). The monoisotopic (exact) mass is 411 g/mol. The zero-order chi connectivity index (χ0) is 21.7. The summed E-state index contributed by atoms with van der Waals surface area (Å²) >= 11 is 0. The number of nitriles is 1. The Balaban J connectivity index is 1.57. The van der Waals surface area contributed by atoms with E-state index in [2.05, 4.69) is 4.98 Å². The van der Waals surface area contributed by atoms with Crippen LogP contribution in [0, 0.1) is 17.1 Å². The number of likely N-dealkylation sites (tertiary alicyclic amines) is 1. The van der Waals surface area contributed by atoms with E-state index in [9.17, 15) is 9.18 Å². The van der Waals surface area contributed by atoms with Gasteiger partial charge in [-0.2, -0.15) is 5.26 Å². The minimum Gasteiger partial charge on any atom is -0.489 e. The lowest BCUT2D eigenvalue weighted by atomic mass is 9.93. The fourth-order valence-electron chi connectivity index (χ4n) is 3.32. The van der Waals surface area contributed by atoms with E-state index in [1.54, 1.807) is 29.3 Å². The number of amides is 1. The van der Waals surface area contributed by atoms with Crippen molar-refractivity contribution in [2.75, 3.05) is 13.1 Å². The van der Waals surface area contributed by atoms with Crippen LogP contribution < -0.4 is 4.74 Å². The second-order valence-electron chi connectivity index (χ2n) is 8.36. The average Bonchev–Trinajstić information content (AvgIpc) is 2.72. The number of halogens is 1. The van der Waals surface area contributed by atoms with Crippen LogP contribution in [0.4, 0.5) is 9.18 Å². The number of benzene rings is 1. The van der Waals surface area contributed by atoms with Crippen molar-refractivity contribution in [2.24, 2.45) is 0 Å². The lowest BCUT2D eigenvalue weighted by Crippen LogP contribution is -2.41.